The van der Waals surface area contributed by atoms with Crippen LogP contribution in [0.2, 0.25) is 0 Å². The normalized spacial score (nSPS) is 17.2. The van der Waals surface area contributed by atoms with Gasteiger partial charge in [-0.2, -0.15) is 13.2 Å². The van der Waals surface area contributed by atoms with Crippen LogP contribution < -0.4 is 15.2 Å². The van der Waals surface area contributed by atoms with Gasteiger partial charge in [-0.1, -0.05) is 36.4 Å². The molecule has 2 aliphatic rings. The first-order valence-corrected chi connectivity index (χ1v) is 14.2. The minimum Gasteiger partial charge on any atom is -0.451 e. The second-order valence-corrected chi connectivity index (χ2v) is 11.1. The number of amides is 1. The summed E-state index contributed by atoms with van der Waals surface area (Å²) in [6, 6.07) is 9.09. The van der Waals surface area contributed by atoms with Gasteiger partial charge in [0.2, 0.25) is 18.0 Å². The van der Waals surface area contributed by atoms with Crippen LogP contribution in [0, 0.1) is 0 Å². The van der Waals surface area contributed by atoms with E-state index in [9.17, 15) is 36.3 Å². The molecule has 3 aromatic rings. The fourth-order valence-electron chi connectivity index (χ4n) is 5.27. The highest BCUT2D eigenvalue weighted by atomic mass is 32.2. The summed E-state index contributed by atoms with van der Waals surface area (Å²) in [4.78, 5) is 39.3. The number of rotatable bonds is 6. The highest BCUT2D eigenvalue weighted by Crippen LogP contribution is 2.46. The van der Waals surface area contributed by atoms with E-state index in [1.165, 1.54) is 39.8 Å². The predicted molar refractivity (Wildman–Crippen MR) is 148 cm³/mol. The molecule has 2 aromatic carbocycles. The van der Waals surface area contributed by atoms with E-state index in [0.29, 0.717) is 26.5 Å². The average molecular weight is 640 g/mol. The van der Waals surface area contributed by atoms with Crippen molar-refractivity contribution in [3.05, 3.63) is 92.9 Å². The first-order chi connectivity index (χ1) is 20.7. The first-order valence-electron chi connectivity index (χ1n) is 13.2. The van der Waals surface area contributed by atoms with Crippen LogP contribution in [0.25, 0.3) is 0 Å². The number of hydrogen-bond acceptors (Lipinski definition) is 8. The predicted octanol–water partition coefficient (Wildman–Crippen LogP) is 5.78. The van der Waals surface area contributed by atoms with Crippen LogP contribution in [0.5, 0.6) is 5.75 Å². The maximum atomic E-state index is 14.9. The Bertz CT molecular complexity index is 1660. The lowest BCUT2D eigenvalue weighted by Crippen LogP contribution is -2.60. The molecule has 0 saturated heterocycles. The number of pyridine rings is 1. The zero-order valence-corrected chi connectivity index (χ0v) is 24.4. The quantitative estimate of drug-likeness (QED) is 0.191. The van der Waals surface area contributed by atoms with Gasteiger partial charge in [0.1, 0.15) is 12.7 Å². The number of carbonyl (C=O) groups is 2. The Kier molecular flexibility index (Phi) is 8.27. The Balaban J connectivity index is 1.76. The van der Waals surface area contributed by atoms with Gasteiger partial charge in [-0.15, -0.1) is 11.8 Å². The number of ether oxygens (including phenoxy) is 3. The van der Waals surface area contributed by atoms with E-state index in [4.69, 9.17) is 4.74 Å². The molecule has 0 N–H and O–H groups in total. The number of halogens is 5. The number of carbonyl (C=O) groups excluding carboxylic acids is 2. The molecule has 3 heterocycles. The largest absolute Gasteiger partial charge is 0.510 e. The molecule has 0 aliphatic carbocycles. The number of methoxy groups -OCH3 is 1. The molecule has 0 radical (unpaired) electrons. The fourth-order valence-corrected chi connectivity index (χ4v) is 6.41. The molecular weight excluding hydrogens is 613 g/mol. The van der Waals surface area contributed by atoms with Gasteiger partial charge in [0, 0.05) is 35.4 Å². The Morgan fingerprint density at radius 1 is 1.05 bits per heavy atom. The number of alkyl halides is 5. The van der Waals surface area contributed by atoms with Crippen LogP contribution in [0.3, 0.4) is 0 Å². The number of benzene rings is 2. The number of fused-ring (bicyclic) bond motifs is 3. The fraction of sp³-hybridized carbons (Fsp3) is 0.345. The van der Waals surface area contributed by atoms with Crippen molar-refractivity contribution in [3.8, 4) is 5.75 Å². The third-order valence-corrected chi connectivity index (χ3v) is 8.54. The Morgan fingerprint density at radius 2 is 1.75 bits per heavy atom. The molecule has 0 spiro atoms. The molecule has 0 saturated carbocycles. The van der Waals surface area contributed by atoms with Crippen LogP contribution in [0.4, 0.5) is 26.7 Å². The molecule has 44 heavy (non-hydrogen) atoms. The van der Waals surface area contributed by atoms with E-state index in [2.05, 4.69) is 9.47 Å². The topological polar surface area (TPSA) is 90.3 Å². The zero-order valence-electron chi connectivity index (χ0n) is 23.6. The maximum absolute atomic E-state index is 14.9. The average Bonchev–Trinajstić information content (AvgIpc) is 3.14. The SMILES string of the molecule is COC(=O)OCOc1c2n(ccc1=O)N([C@@H]1c3ccccc3SCc3c1cccc3C(C)(F)F)CN([C@H](C)C(F)(F)F)C2=O. The molecule has 9 nitrogen and oxygen atoms in total. The molecular formula is C29H26F5N3O6S. The molecule has 0 fully saturated rings. The van der Waals surface area contributed by atoms with Gasteiger partial charge in [-0.25, -0.2) is 13.6 Å². The van der Waals surface area contributed by atoms with E-state index in [1.54, 1.807) is 30.3 Å². The smallest absolute Gasteiger partial charge is 0.451 e. The molecule has 2 atom stereocenters. The molecule has 15 heteroatoms. The summed E-state index contributed by atoms with van der Waals surface area (Å²) >= 11 is 1.30. The van der Waals surface area contributed by atoms with Crippen molar-refractivity contribution in [1.82, 2.24) is 9.58 Å². The molecule has 0 bridgehead atoms. The second kappa shape index (κ2) is 11.7. The van der Waals surface area contributed by atoms with Crippen molar-refractivity contribution in [3.63, 3.8) is 0 Å². The summed E-state index contributed by atoms with van der Waals surface area (Å²) in [5, 5.41) is 1.40. The zero-order chi connectivity index (χ0) is 32.0. The van der Waals surface area contributed by atoms with Crippen LogP contribution in [-0.4, -0.2) is 54.4 Å². The first kappa shape index (κ1) is 31.2. The summed E-state index contributed by atoms with van der Waals surface area (Å²) in [7, 11) is 1.03. The van der Waals surface area contributed by atoms with Crippen LogP contribution >= 0.6 is 11.8 Å². The van der Waals surface area contributed by atoms with Crippen molar-refractivity contribution >= 4 is 23.8 Å². The van der Waals surface area contributed by atoms with E-state index >= 15 is 0 Å². The van der Waals surface area contributed by atoms with E-state index in [0.717, 1.165) is 27.0 Å². The molecule has 5 rings (SSSR count). The van der Waals surface area contributed by atoms with Crippen molar-refractivity contribution in [2.75, 3.05) is 25.6 Å². The Morgan fingerprint density at radius 3 is 2.43 bits per heavy atom. The lowest BCUT2D eigenvalue weighted by Gasteiger charge is -2.46. The number of aromatic nitrogens is 1. The summed E-state index contributed by atoms with van der Waals surface area (Å²) < 4.78 is 87.6. The highest BCUT2D eigenvalue weighted by molar-refractivity contribution is 7.98. The van der Waals surface area contributed by atoms with Crippen LogP contribution in [0.15, 0.2) is 64.4 Å². The Hall–Kier alpha value is -4.27. The van der Waals surface area contributed by atoms with Gasteiger partial charge in [0.15, 0.2) is 5.69 Å². The van der Waals surface area contributed by atoms with Gasteiger partial charge in [-0.3, -0.25) is 19.3 Å². The minimum absolute atomic E-state index is 0.147. The monoisotopic (exact) mass is 639 g/mol. The van der Waals surface area contributed by atoms with Gasteiger partial charge in [0.05, 0.1) is 13.2 Å². The van der Waals surface area contributed by atoms with Crippen molar-refractivity contribution in [2.45, 2.75) is 48.7 Å². The van der Waals surface area contributed by atoms with E-state index in [1.807, 2.05) is 0 Å². The maximum Gasteiger partial charge on any atom is 0.510 e. The number of thioether (sulfide) groups is 1. The van der Waals surface area contributed by atoms with Gasteiger partial charge in [0.25, 0.3) is 11.8 Å². The molecule has 0 unspecified atom stereocenters. The molecule has 234 valence electrons. The third-order valence-electron chi connectivity index (χ3n) is 7.42. The van der Waals surface area contributed by atoms with Gasteiger partial charge in [-0.05, 0) is 29.7 Å². The standard InChI is InChI=1S/C29H26F5N3O6S/c1-16(29(32,33)34)35-14-37(36-12-11-21(38)25(24(36)26(35)39)42-15-43-27(40)41-3)23-17-8-6-9-20(28(2,30)31)19(17)13-44-22-10-5-4-7-18(22)23/h4-12,16,23H,13-15H2,1-3H3/t16-,23+/m1/s1. The molecule has 1 aromatic heterocycles. The van der Waals surface area contributed by atoms with Gasteiger partial charge < -0.3 is 19.1 Å². The summed E-state index contributed by atoms with van der Waals surface area (Å²) in [6.07, 6.45) is -4.82. The van der Waals surface area contributed by atoms with Gasteiger partial charge >= 0.3 is 12.3 Å². The van der Waals surface area contributed by atoms with Crippen molar-refractivity contribution < 1.29 is 45.8 Å². The molecule has 1 amide bonds. The van der Waals surface area contributed by atoms with Crippen LogP contribution in [-0.2, 0) is 21.1 Å². The van der Waals surface area contributed by atoms with Crippen molar-refractivity contribution in [2.24, 2.45) is 0 Å². The van der Waals surface area contributed by atoms with E-state index < -0.39 is 66.6 Å². The second-order valence-electron chi connectivity index (χ2n) is 10.1. The number of nitrogens with zero attached hydrogens (tertiary/aromatic N) is 3. The van der Waals surface area contributed by atoms with Crippen molar-refractivity contribution in [1.29, 1.82) is 0 Å². The lowest BCUT2D eigenvalue weighted by atomic mass is 9.90. The van der Waals surface area contributed by atoms with Crippen LogP contribution in [0.1, 0.15) is 52.6 Å². The lowest BCUT2D eigenvalue weighted by molar-refractivity contribution is -0.173. The minimum atomic E-state index is -4.86. The number of hydrogen-bond donors (Lipinski definition) is 0. The summed E-state index contributed by atoms with van der Waals surface area (Å²) in [6.45, 7) is 0.0474. The molecule has 2 aliphatic heterocycles. The third kappa shape index (κ3) is 5.67. The van der Waals surface area contributed by atoms with E-state index in [-0.39, 0.29) is 11.3 Å². The Labute approximate surface area is 252 Å². The highest BCUT2D eigenvalue weighted by Gasteiger charge is 2.48. The summed E-state index contributed by atoms with van der Waals surface area (Å²) in [5.74, 6) is -4.93. The summed E-state index contributed by atoms with van der Waals surface area (Å²) in [5.41, 5.74) is -0.410.